The Morgan fingerprint density at radius 1 is 0.956 bits per heavy atom. The fourth-order valence-electron chi connectivity index (χ4n) is 1.79. The number of carbonyl (C=O) groups excluding carboxylic acids is 1. The van der Waals surface area contributed by atoms with Crippen molar-refractivity contribution in [1.82, 2.24) is 10.6 Å². The van der Waals surface area contributed by atoms with Gasteiger partial charge >= 0.3 is 6.09 Å². The van der Waals surface area contributed by atoms with Crippen LogP contribution in [0, 0.1) is 16.7 Å². The van der Waals surface area contributed by atoms with Gasteiger partial charge in [0.2, 0.25) is 0 Å². The molecule has 9 nitrogen and oxygen atoms in total. The summed E-state index contributed by atoms with van der Waals surface area (Å²) in [6.45, 7) is 30.9. The maximum Gasteiger partial charge on any atom is 0.404 e. The Hall–Kier alpha value is -2.77. The van der Waals surface area contributed by atoms with E-state index in [0.29, 0.717) is 36.0 Å². The molecular formula is C35H68N4O5S. The van der Waals surface area contributed by atoms with Crippen LogP contribution in [0.3, 0.4) is 0 Å². The second kappa shape index (κ2) is 29.9. The zero-order valence-electron chi connectivity index (χ0n) is 31.5. The van der Waals surface area contributed by atoms with E-state index in [1.807, 2.05) is 80.6 Å². The fourth-order valence-corrected chi connectivity index (χ4v) is 1.79. The van der Waals surface area contributed by atoms with Crippen molar-refractivity contribution in [3.05, 3.63) is 35.4 Å². The number of rotatable bonds is 7. The Morgan fingerprint density at radius 2 is 1.36 bits per heavy atom. The molecule has 0 radical (unpaired) electrons. The molecule has 1 amide bonds. The number of nitrogens with zero attached hydrogens (tertiary/aromatic N) is 2. The van der Waals surface area contributed by atoms with Crippen LogP contribution in [0.5, 0.6) is 0 Å². The molecule has 0 aliphatic rings. The first kappa shape index (κ1) is 51.8. The molecule has 0 spiro atoms. The van der Waals surface area contributed by atoms with Crippen molar-refractivity contribution in [3.8, 4) is 6.07 Å². The average Bonchev–Trinajstić information content (AvgIpc) is 2.89. The van der Waals surface area contributed by atoms with Crippen LogP contribution in [0.25, 0.3) is 0 Å². The average molecular weight is 657 g/mol. The summed E-state index contributed by atoms with van der Waals surface area (Å²) >= 11 is 3.53. The number of carbonyl (C=O) groups is 2. The number of thiol groups is 1. The maximum absolute atomic E-state index is 10.3. The van der Waals surface area contributed by atoms with Crippen LogP contribution >= 0.6 is 12.6 Å². The van der Waals surface area contributed by atoms with E-state index in [4.69, 9.17) is 15.1 Å². The van der Waals surface area contributed by atoms with Crippen LogP contribution in [0.4, 0.5) is 4.79 Å². The Morgan fingerprint density at radius 3 is 1.58 bits per heavy atom. The van der Waals surface area contributed by atoms with E-state index in [2.05, 4.69) is 74.5 Å². The molecule has 264 valence electrons. The molecule has 0 aliphatic carbocycles. The third-order valence-corrected chi connectivity index (χ3v) is 4.80. The van der Waals surface area contributed by atoms with Gasteiger partial charge in [0.15, 0.2) is 6.40 Å². The minimum absolute atomic E-state index is 0.113. The Kier molecular flexibility index (Phi) is 34.4. The lowest BCUT2D eigenvalue weighted by atomic mass is 9.94. The van der Waals surface area contributed by atoms with Crippen molar-refractivity contribution in [2.24, 2.45) is 10.4 Å². The van der Waals surface area contributed by atoms with E-state index < -0.39 is 6.09 Å². The van der Waals surface area contributed by atoms with Gasteiger partial charge in [-0.25, -0.2) is 4.79 Å². The smallest absolute Gasteiger partial charge is 0.404 e. The molecule has 10 heteroatoms. The third kappa shape index (κ3) is 57.5. The van der Waals surface area contributed by atoms with Gasteiger partial charge in [-0.15, -0.1) is 0 Å². The normalized spacial score (nSPS) is 11.2. The van der Waals surface area contributed by atoms with Crippen molar-refractivity contribution in [2.75, 3.05) is 13.3 Å². The van der Waals surface area contributed by atoms with Crippen molar-refractivity contribution in [1.29, 1.82) is 5.26 Å². The van der Waals surface area contributed by atoms with E-state index in [1.54, 1.807) is 25.3 Å². The lowest BCUT2D eigenvalue weighted by Gasteiger charge is -2.16. The van der Waals surface area contributed by atoms with E-state index in [9.17, 15) is 9.59 Å². The Labute approximate surface area is 282 Å². The molecule has 0 heterocycles. The summed E-state index contributed by atoms with van der Waals surface area (Å²) in [5, 5.41) is 22.5. The largest absolute Gasteiger partial charge is 0.478 e. The summed E-state index contributed by atoms with van der Waals surface area (Å²) in [6.07, 6.45) is 4.10. The first-order valence-corrected chi connectivity index (χ1v) is 16.2. The summed E-state index contributed by atoms with van der Waals surface area (Å²) < 4.78 is 9.80. The molecular weight excluding hydrogens is 588 g/mol. The summed E-state index contributed by atoms with van der Waals surface area (Å²) in [4.78, 5) is 24.0. The number of hydrogen-bond acceptors (Lipinski definition) is 8. The van der Waals surface area contributed by atoms with Gasteiger partial charge in [-0.05, 0) is 105 Å². The van der Waals surface area contributed by atoms with Gasteiger partial charge in [-0.3, -0.25) is 9.79 Å². The van der Waals surface area contributed by atoms with E-state index in [-0.39, 0.29) is 17.2 Å². The van der Waals surface area contributed by atoms with Crippen molar-refractivity contribution in [3.63, 3.8) is 0 Å². The first-order chi connectivity index (χ1) is 20.4. The van der Waals surface area contributed by atoms with Crippen LogP contribution in [0.15, 0.2) is 29.3 Å². The molecule has 3 N–H and O–H groups in total. The summed E-state index contributed by atoms with van der Waals surface area (Å²) in [7, 11) is 1.95. The topological polar surface area (TPSA) is 133 Å². The van der Waals surface area contributed by atoms with Crippen molar-refractivity contribution < 1.29 is 24.2 Å². The minimum Gasteiger partial charge on any atom is -0.478 e. The molecule has 45 heavy (non-hydrogen) atoms. The van der Waals surface area contributed by atoms with Gasteiger partial charge in [0.1, 0.15) is 11.2 Å². The second-order valence-corrected chi connectivity index (χ2v) is 13.6. The molecule has 0 fully saturated rings. The maximum atomic E-state index is 10.3. The molecule has 0 aliphatic heterocycles. The zero-order valence-corrected chi connectivity index (χ0v) is 32.4. The predicted molar refractivity (Wildman–Crippen MR) is 196 cm³/mol. The molecule has 0 saturated heterocycles. The van der Waals surface area contributed by atoms with Gasteiger partial charge in [0.05, 0.1) is 11.6 Å². The number of benzene rings is 1. The number of carboxylic acid groups (broad SMARTS) is 1. The number of ether oxygens (including phenoxy) is 2. The molecule has 0 aromatic heterocycles. The van der Waals surface area contributed by atoms with Gasteiger partial charge in [0.25, 0.3) is 6.47 Å². The van der Waals surface area contributed by atoms with E-state index in [0.717, 1.165) is 5.56 Å². The van der Waals surface area contributed by atoms with Crippen molar-refractivity contribution >= 4 is 31.6 Å². The predicted octanol–water partition coefficient (Wildman–Crippen LogP) is 8.56. The van der Waals surface area contributed by atoms with E-state index in [1.165, 1.54) is 12.8 Å². The van der Waals surface area contributed by atoms with Crippen LogP contribution in [0.1, 0.15) is 121 Å². The van der Waals surface area contributed by atoms with Crippen LogP contribution in [-0.4, -0.2) is 66.7 Å². The third-order valence-electron chi connectivity index (χ3n) is 4.80. The van der Waals surface area contributed by atoms with Gasteiger partial charge in [-0.1, -0.05) is 60.1 Å². The molecule has 1 aromatic carbocycles. The first-order valence-electron chi connectivity index (χ1n) is 15.3. The fraction of sp³-hybridized carbons (Fsp3) is 0.714. The number of aliphatic imine (C=N–C) groups is 1. The van der Waals surface area contributed by atoms with Crippen LogP contribution in [0.2, 0.25) is 0 Å². The highest BCUT2D eigenvalue weighted by Crippen LogP contribution is 2.16. The number of amides is 1. The molecule has 0 bridgehead atoms. The van der Waals surface area contributed by atoms with Crippen LogP contribution < -0.4 is 10.6 Å². The summed E-state index contributed by atoms with van der Waals surface area (Å²) in [5.41, 5.74) is 1.73. The highest BCUT2D eigenvalue weighted by molar-refractivity contribution is 7.79. The van der Waals surface area contributed by atoms with Crippen molar-refractivity contribution in [2.45, 2.75) is 146 Å². The molecule has 0 saturated carbocycles. The molecule has 1 atom stereocenters. The monoisotopic (exact) mass is 656 g/mol. The lowest BCUT2D eigenvalue weighted by Crippen LogP contribution is -2.32. The standard InChI is InChI=1S/C11H12N2O2.C8H17NO.C6H14.C5H10O2.C4H11N.CH4S/c1-8(13-11(14)15)6-9-2-4-10(7-12)5-3-9;1-7(2)9-6-10-8(3,4)5;1-5-6(2,3)4;1-5(2,3)7-4-6;1-4(2)5-3;1-2/h2-5,8,13H,6H2,1H3,(H,14,15);6-7H,1-5H3;5H2,1-4H3;4H,1-3H3;4-5H,1-3H3;2H,1H3. The summed E-state index contributed by atoms with van der Waals surface area (Å²) in [6, 6.07) is 9.97. The van der Waals surface area contributed by atoms with Crippen LogP contribution in [-0.2, 0) is 20.7 Å². The SMILES string of the molecule is CC(C)(C)OC=O.CC(C)N=COC(C)(C)C.CC(Cc1ccc(C#N)cc1)NC(=O)O.CCC(C)(C)C.CNC(C)C.CS. The second-order valence-electron chi connectivity index (χ2n) is 13.6. The van der Waals surface area contributed by atoms with Gasteiger partial charge < -0.3 is 25.2 Å². The number of nitriles is 1. The lowest BCUT2D eigenvalue weighted by molar-refractivity contribution is -0.138. The number of hydrogen-bond donors (Lipinski definition) is 4. The van der Waals surface area contributed by atoms with E-state index >= 15 is 0 Å². The number of nitrogens with one attached hydrogen (secondary N) is 2. The van der Waals surface area contributed by atoms with Gasteiger partial charge in [-0.2, -0.15) is 17.9 Å². The quantitative estimate of drug-likeness (QED) is 0.100. The Balaban J connectivity index is -0.000000156. The van der Waals surface area contributed by atoms with Gasteiger partial charge in [0, 0.05) is 18.1 Å². The summed E-state index contributed by atoms with van der Waals surface area (Å²) in [5.74, 6) is 0. The molecule has 1 unspecified atom stereocenters. The zero-order chi connectivity index (χ0) is 36.9. The Bertz CT molecular complexity index is 893. The highest BCUT2D eigenvalue weighted by atomic mass is 32.1. The molecule has 1 aromatic rings. The highest BCUT2D eigenvalue weighted by Gasteiger charge is 2.08. The molecule has 1 rings (SSSR count). The minimum atomic E-state index is -1.02.